The number of alkyl halides is 3. The SMILES string of the molecule is Cc1cc2c(=O)n(-c3ccc(C[C@H](NC(=O)c4c(C)cc(N5CCOC[C@@H]5C(F)(F)F)cc4F)C(=O)O)c4cccnc34)c(=O)n(C)c2cn1. The van der Waals surface area contributed by atoms with Crippen molar-refractivity contribution in [3.8, 4) is 5.69 Å². The summed E-state index contributed by atoms with van der Waals surface area (Å²) in [7, 11) is 1.50. The fraction of sp³-hybridized carbons (Fsp3) is 0.294. The second kappa shape index (κ2) is 13.0. The lowest BCUT2D eigenvalue weighted by Gasteiger charge is -2.38. The van der Waals surface area contributed by atoms with E-state index in [1.165, 1.54) is 49.1 Å². The van der Waals surface area contributed by atoms with Gasteiger partial charge in [0.2, 0.25) is 0 Å². The second-order valence-electron chi connectivity index (χ2n) is 12.0. The van der Waals surface area contributed by atoms with E-state index >= 15 is 4.39 Å². The molecule has 5 aromatic rings. The number of amides is 1. The first-order chi connectivity index (χ1) is 23.7. The summed E-state index contributed by atoms with van der Waals surface area (Å²) in [5.74, 6) is -3.65. The number of fused-ring (bicyclic) bond motifs is 2. The molecule has 6 rings (SSSR count). The first kappa shape index (κ1) is 34.2. The lowest BCUT2D eigenvalue weighted by atomic mass is 9.99. The molecule has 0 aliphatic carbocycles. The number of hydrogen-bond acceptors (Lipinski definition) is 8. The number of hydrogen-bond donors (Lipinski definition) is 2. The van der Waals surface area contributed by atoms with Crippen LogP contribution in [0.4, 0.5) is 23.2 Å². The molecule has 50 heavy (non-hydrogen) atoms. The van der Waals surface area contributed by atoms with E-state index in [1.54, 1.807) is 25.1 Å². The summed E-state index contributed by atoms with van der Waals surface area (Å²) in [5, 5.41) is 13.0. The van der Waals surface area contributed by atoms with Crippen molar-refractivity contribution in [1.82, 2.24) is 24.4 Å². The van der Waals surface area contributed by atoms with Gasteiger partial charge in [0.15, 0.2) is 0 Å². The Kier molecular flexibility index (Phi) is 8.90. The number of anilines is 1. The van der Waals surface area contributed by atoms with Gasteiger partial charge in [-0.2, -0.15) is 13.2 Å². The highest BCUT2D eigenvalue weighted by molar-refractivity contribution is 5.99. The van der Waals surface area contributed by atoms with E-state index in [2.05, 4.69) is 15.3 Å². The number of benzene rings is 2. The summed E-state index contributed by atoms with van der Waals surface area (Å²) in [6, 6.07) is 6.20. The number of halogens is 4. The van der Waals surface area contributed by atoms with Crippen LogP contribution in [0.3, 0.4) is 0 Å². The Morgan fingerprint density at radius 1 is 1.10 bits per heavy atom. The van der Waals surface area contributed by atoms with Gasteiger partial charge in [-0.15, -0.1) is 0 Å². The molecule has 1 amide bonds. The first-order valence-electron chi connectivity index (χ1n) is 15.4. The molecule has 1 fully saturated rings. The number of nitrogens with zero attached hydrogens (tertiary/aromatic N) is 5. The number of aryl methyl sites for hydroxylation is 3. The van der Waals surface area contributed by atoms with E-state index < -0.39 is 59.4 Å². The van der Waals surface area contributed by atoms with Crippen molar-refractivity contribution in [3.05, 3.63) is 104 Å². The molecule has 0 spiro atoms. The Hall–Kier alpha value is -5.64. The molecule has 12 nitrogen and oxygen atoms in total. The average Bonchev–Trinajstić information content (AvgIpc) is 3.07. The molecule has 4 heterocycles. The lowest BCUT2D eigenvalue weighted by Crippen LogP contribution is -2.53. The van der Waals surface area contributed by atoms with Crippen LogP contribution in [-0.4, -0.2) is 74.1 Å². The number of carbonyl (C=O) groups is 2. The zero-order valence-corrected chi connectivity index (χ0v) is 26.9. The first-order valence-corrected chi connectivity index (χ1v) is 15.4. The van der Waals surface area contributed by atoms with Gasteiger partial charge < -0.3 is 20.1 Å². The van der Waals surface area contributed by atoms with Gasteiger partial charge in [0.1, 0.15) is 17.9 Å². The number of ether oxygens (including phenoxy) is 1. The van der Waals surface area contributed by atoms with Gasteiger partial charge in [-0.3, -0.25) is 24.1 Å². The summed E-state index contributed by atoms with van der Waals surface area (Å²) < 4.78 is 63.6. The van der Waals surface area contributed by atoms with Gasteiger partial charge in [-0.25, -0.2) is 18.5 Å². The zero-order chi connectivity index (χ0) is 36.1. The van der Waals surface area contributed by atoms with Gasteiger partial charge >= 0.3 is 17.8 Å². The molecule has 2 N–H and O–H groups in total. The van der Waals surface area contributed by atoms with Crippen LogP contribution in [0.25, 0.3) is 27.5 Å². The maximum atomic E-state index is 15.4. The van der Waals surface area contributed by atoms with Gasteiger partial charge in [0.25, 0.3) is 11.5 Å². The summed E-state index contributed by atoms with van der Waals surface area (Å²) >= 11 is 0. The minimum Gasteiger partial charge on any atom is -0.480 e. The number of rotatable bonds is 7. The highest BCUT2D eigenvalue weighted by atomic mass is 19.4. The van der Waals surface area contributed by atoms with Gasteiger partial charge in [-0.05, 0) is 55.3 Å². The molecular weight excluding hydrogens is 664 g/mol. The van der Waals surface area contributed by atoms with E-state index in [4.69, 9.17) is 4.74 Å². The number of pyridine rings is 2. The molecule has 0 bridgehead atoms. The van der Waals surface area contributed by atoms with Crippen LogP contribution in [0, 0.1) is 19.7 Å². The van der Waals surface area contributed by atoms with Crippen molar-refractivity contribution >= 4 is 39.4 Å². The van der Waals surface area contributed by atoms with Crippen molar-refractivity contribution < 1.29 is 37.0 Å². The summed E-state index contributed by atoms with van der Waals surface area (Å²) in [5.41, 5.74) is -0.226. The number of carboxylic acids is 1. The van der Waals surface area contributed by atoms with Crippen LogP contribution in [0.2, 0.25) is 0 Å². The third kappa shape index (κ3) is 6.17. The molecule has 2 atom stereocenters. The van der Waals surface area contributed by atoms with Crippen molar-refractivity contribution in [3.63, 3.8) is 0 Å². The van der Waals surface area contributed by atoms with Crippen LogP contribution < -0.4 is 21.5 Å². The van der Waals surface area contributed by atoms with Crippen LogP contribution in [0.1, 0.15) is 27.2 Å². The molecule has 3 aromatic heterocycles. The van der Waals surface area contributed by atoms with Crippen LogP contribution >= 0.6 is 0 Å². The van der Waals surface area contributed by atoms with Crippen molar-refractivity contribution in [1.29, 1.82) is 0 Å². The fourth-order valence-corrected chi connectivity index (χ4v) is 6.25. The smallest absolute Gasteiger partial charge is 0.411 e. The quantitative estimate of drug-likeness (QED) is 0.244. The Morgan fingerprint density at radius 3 is 2.56 bits per heavy atom. The van der Waals surface area contributed by atoms with Crippen LogP contribution in [0.5, 0.6) is 0 Å². The minimum absolute atomic E-state index is 0.00133. The van der Waals surface area contributed by atoms with Gasteiger partial charge in [-0.1, -0.05) is 12.1 Å². The summed E-state index contributed by atoms with van der Waals surface area (Å²) in [4.78, 5) is 62.3. The number of aromatic nitrogens is 4. The lowest BCUT2D eigenvalue weighted by molar-refractivity contribution is -0.167. The van der Waals surface area contributed by atoms with E-state index in [0.717, 1.165) is 15.5 Å². The normalized spacial score (nSPS) is 15.7. The number of morpholine rings is 1. The summed E-state index contributed by atoms with van der Waals surface area (Å²) in [6.07, 6.45) is -2.07. The standard InChI is InChI=1S/C34H30F4N6O6/c1-17-11-20(43-9-10-50-16-27(43)34(36,37)38)14-23(35)28(17)30(45)41-24(32(47)48)13-19-6-7-25(29-21(19)5-4-8-39-29)44-31(46)22-12-18(2)40-15-26(22)42(3)33(44)49/h4-8,11-12,14-15,24,27H,9-10,13,16H2,1-3H3,(H,41,45)(H,47,48)/t24-,27+/m0/s1. The third-order valence-electron chi connectivity index (χ3n) is 8.74. The maximum absolute atomic E-state index is 15.4. The van der Waals surface area contributed by atoms with Gasteiger partial charge in [0.05, 0.1) is 47.1 Å². The highest BCUT2D eigenvalue weighted by Crippen LogP contribution is 2.33. The Bertz CT molecular complexity index is 2280. The fourth-order valence-electron chi connectivity index (χ4n) is 6.25. The maximum Gasteiger partial charge on any atom is 0.411 e. The van der Waals surface area contributed by atoms with E-state index in [0.29, 0.717) is 22.2 Å². The topological polar surface area (TPSA) is 149 Å². The number of nitrogens with one attached hydrogen (secondary N) is 1. The monoisotopic (exact) mass is 694 g/mol. The number of carboxylic acid groups (broad SMARTS) is 1. The average molecular weight is 695 g/mol. The second-order valence-corrected chi connectivity index (χ2v) is 12.0. The van der Waals surface area contributed by atoms with Crippen LogP contribution in [0.15, 0.2) is 64.4 Å². The minimum atomic E-state index is -4.65. The molecule has 16 heteroatoms. The van der Waals surface area contributed by atoms with Crippen molar-refractivity contribution in [2.75, 3.05) is 24.7 Å². The summed E-state index contributed by atoms with van der Waals surface area (Å²) in [6.45, 7) is 2.26. The van der Waals surface area contributed by atoms with E-state index in [-0.39, 0.29) is 47.4 Å². The molecule has 260 valence electrons. The molecule has 0 saturated carbocycles. The van der Waals surface area contributed by atoms with E-state index in [1.807, 2.05) is 0 Å². The third-order valence-corrected chi connectivity index (χ3v) is 8.74. The number of aliphatic carboxylic acids is 1. The van der Waals surface area contributed by atoms with Crippen LogP contribution in [-0.2, 0) is 23.0 Å². The van der Waals surface area contributed by atoms with Gasteiger partial charge in [0, 0.05) is 43.0 Å². The highest BCUT2D eigenvalue weighted by Gasteiger charge is 2.45. The molecule has 1 aliphatic rings. The predicted molar refractivity (Wildman–Crippen MR) is 174 cm³/mol. The molecule has 1 saturated heterocycles. The Morgan fingerprint density at radius 2 is 1.86 bits per heavy atom. The largest absolute Gasteiger partial charge is 0.480 e. The Labute approximate surface area is 280 Å². The molecule has 0 radical (unpaired) electrons. The number of carbonyl (C=O) groups excluding carboxylic acids is 1. The molecular formula is C34H30F4N6O6. The molecule has 2 aromatic carbocycles. The molecule has 1 aliphatic heterocycles. The van der Waals surface area contributed by atoms with E-state index in [9.17, 15) is 37.5 Å². The predicted octanol–water partition coefficient (Wildman–Crippen LogP) is 3.58. The Balaban J connectivity index is 1.33. The molecule has 0 unspecified atom stereocenters. The van der Waals surface area contributed by atoms with Crippen molar-refractivity contribution in [2.45, 2.75) is 38.5 Å². The zero-order valence-electron chi connectivity index (χ0n) is 26.9. The van der Waals surface area contributed by atoms with Crippen molar-refractivity contribution in [2.24, 2.45) is 7.05 Å².